The van der Waals surface area contributed by atoms with Crippen molar-refractivity contribution in [2.75, 3.05) is 31.1 Å². The zero-order chi connectivity index (χ0) is 30.1. The van der Waals surface area contributed by atoms with Gasteiger partial charge in [-0.15, -0.1) is 0 Å². The Morgan fingerprint density at radius 3 is 2.31 bits per heavy atom. The molecule has 2 heterocycles. The highest BCUT2D eigenvalue weighted by molar-refractivity contribution is 6.13. The number of hydrogen-bond acceptors (Lipinski definition) is 5. The van der Waals surface area contributed by atoms with E-state index < -0.39 is 5.60 Å². The van der Waals surface area contributed by atoms with Gasteiger partial charge in [0.1, 0.15) is 0 Å². The maximum Gasteiger partial charge on any atom is 0.322 e. The standard InChI is InChI=1S/C33H42N4O5/c1-24(22-35-29(38)16-20-36-30(39)14-15-31(36)40)17-21-42-33(2,3)18-19-34-32(41)37-23-27-10-5-4-8-25(27)12-13-26-9-6-7-11-28(26)37/h4-11,14-15,24H,12-13,16-23H2,1-3H3,(H,34,41)(H,35,38). The fourth-order valence-corrected chi connectivity index (χ4v) is 5.17. The number of para-hydroxylation sites is 1. The number of imide groups is 1. The fraction of sp³-hybridized carbons (Fsp3) is 0.455. The van der Waals surface area contributed by atoms with Crippen molar-refractivity contribution in [3.8, 4) is 0 Å². The van der Waals surface area contributed by atoms with E-state index in [2.05, 4.69) is 34.9 Å². The van der Waals surface area contributed by atoms with E-state index in [4.69, 9.17) is 4.74 Å². The number of fused-ring (bicyclic) bond motifs is 2. The lowest BCUT2D eigenvalue weighted by atomic mass is 9.95. The second-order valence-corrected chi connectivity index (χ2v) is 11.7. The van der Waals surface area contributed by atoms with Gasteiger partial charge in [0.25, 0.3) is 11.8 Å². The summed E-state index contributed by atoms with van der Waals surface area (Å²) in [5.41, 5.74) is 4.15. The van der Waals surface area contributed by atoms with Crippen LogP contribution >= 0.6 is 0 Å². The SMILES string of the molecule is CC(CCOC(C)(C)CCNC(=O)N1Cc2ccccc2CCc2ccccc21)CNC(=O)CCN1C(=O)C=CC1=O. The molecule has 42 heavy (non-hydrogen) atoms. The number of rotatable bonds is 12. The molecule has 4 rings (SSSR count). The molecule has 2 aromatic carbocycles. The summed E-state index contributed by atoms with van der Waals surface area (Å²) in [6.07, 6.45) is 5.76. The number of carbonyl (C=O) groups excluding carboxylic acids is 4. The lowest BCUT2D eigenvalue weighted by Crippen LogP contribution is -2.42. The number of ether oxygens (including phenoxy) is 1. The summed E-state index contributed by atoms with van der Waals surface area (Å²) in [4.78, 5) is 51.7. The Bertz CT molecular complexity index is 1300. The van der Waals surface area contributed by atoms with E-state index in [1.807, 2.05) is 49.9 Å². The molecule has 1 unspecified atom stereocenters. The molecule has 0 saturated carbocycles. The van der Waals surface area contributed by atoms with Gasteiger partial charge in [0.15, 0.2) is 0 Å². The third-order valence-corrected chi connectivity index (χ3v) is 7.86. The van der Waals surface area contributed by atoms with Gasteiger partial charge < -0.3 is 15.4 Å². The Labute approximate surface area is 248 Å². The van der Waals surface area contributed by atoms with Crippen LogP contribution in [0.5, 0.6) is 0 Å². The molecule has 2 aliphatic rings. The Morgan fingerprint density at radius 2 is 1.57 bits per heavy atom. The maximum atomic E-state index is 13.4. The van der Waals surface area contributed by atoms with Crippen LogP contribution in [0.2, 0.25) is 0 Å². The third-order valence-electron chi connectivity index (χ3n) is 7.86. The Hall–Kier alpha value is -3.98. The van der Waals surface area contributed by atoms with E-state index >= 15 is 0 Å². The first-order chi connectivity index (χ1) is 20.1. The highest BCUT2D eigenvalue weighted by Gasteiger charge is 2.25. The Morgan fingerprint density at radius 1 is 0.929 bits per heavy atom. The van der Waals surface area contributed by atoms with Crippen molar-refractivity contribution in [2.24, 2.45) is 5.92 Å². The number of benzene rings is 2. The molecule has 9 nitrogen and oxygen atoms in total. The summed E-state index contributed by atoms with van der Waals surface area (Å²) in [6.45, 7) is 8.17. The van der Waals surface area contributed by atoms with Gasteiger partial charge in [-0.2, -0.15) is 0 Å². The Balaban J connectivity index is 1.17. The van der Waals surface area contributed by atoms with E-state index in [-0.39, 0.29) is 42.6 Å². The minimum absolute atomic E-state index is 0.0796. The molecule has 224 valence electrons. The van der Waals surface area contributed by atoms with Crippen LogP contribution in [0.25, 0.3) is 0 Å². The monoisotopic (exact) mass is 574 g/mol. The number of amides is 5. The molecule has 0 aromatic heterocycles. The number of urea groups is 1. The Kier molecular flexibility index (Phi) is 10.5. The first-order valence-corrected chi connectivity index (χ1v) is 14.8. The van der Waals surface area contributed by atoms with Gasteiger partial charge in [-0.3, -0.25) is 24.2 Å². The molecular weight excluding hydrogens is 532 g/mol. The van der Waals surface area contributed by atoms with Gasteiger partial charge in [-0.1, -0.05) is 49.4 Å². The molecule has 0 spiro atoms. The van der Waals surface area contributed by atoms with Crippen LogP contribution in [0.4, 0.5) is 10.5 Å². The molecule has 0 saturated heterocycles. The van der Waals surface area contributed by atoms with E-state index in [9.17, 15) is 19.2 Å². The molecule has 0 bridgehead atoms. The fourth-order valence-electron chi connectivity index (χ4n) is 5.17. The molecule has 0 radical (unpaired) electrons. The quantitative estimate of drug-likeness (QED) is 0.371. The molecule has 0 aliphatic carbocycles. The van der Waals surface area contributed by atoms with E-state index in [1.165, 1.54) is 28.8 Å². The second kappa shape index (κ2) is 14.3. The van der Waals surface area contributed by atoms with Crippen LogP contribution in [0.15, 0.2) is 60.7 Å². The van der Waals surface area contributed by atoms with Crippen molar-refractivity contribution >= 4 is 29.4 Å². The van der Waals surface area contributed by atoms with Gasteiger partial charge in [0.2, 0.25) is 5.91 Å². The van der Waals surface area contributed by atoms with Gasteiger partial charge >= 0.3 is 6.03 Å². The van der Waals surface area contributed by atoms with Gasteiger partial charge in [-0.25, -0.2) is 4.79 Å². The maximum absolute atomic E-state index is 13.4. The second-order valence-electron chi connectivity index (χ2n) is 11.7. The third kappa shape index (κ3) is 8.52. The predicted octanol–water partition coefficient (Wildman–Crippen LogP) is 4.14. The molecule has 2 aliphatic heterocycles. The average Bonchev–Trinajstić information content (AvgIpc) is 3.28. The summed E-state index contributed by atoms with van der Waals surface area (Å²) < 4.78 is 6.15. The summed E-state index contributed by atoms with van der Waals surface area (Å²) in [7, 11) is 0. The number of hydrogen-bond donors (Lipinski definition) is 2. The molecule has 5 amide bonds. The molecule has 2 N–H and O–H groups in total. The van der Waals surface area contributed by atoms with Crippen LogP contribution in [0.1, 0.15) is 56.7 Å². The summed E-state index contributed by atoms with van der Waals surface area (Å²) in [5, 5.41) is 5.97. The predicted molar refractivity (Wildman–Crippen MR) is 162 cm³/mol. The highest BCUT2D eigenvalue weighted by Crippen LogP contribution is 2.28. The minimum atomic E-state index is -0.431. The van der Waals surface area contributed by atoms with E-state index in [0.717, 1.165) is 29.8 Å². The first kappa shape index (κ1) is 31.0. The minimum Gasteiger partial charge on any atom is -0.375 e. The number of nitrogens with one attached hydrogen (secondary N) is 2. The van der Waals surface area contributed by atoms with E-state index in [1.54, 1.807) is 0 Å². The molecule has 2 aromatic rings. The molecule has 9 heteroatoms. The van der Waals surface area contributed by atoms with Crippen molar-refractivity contribution < 1.29 is 23.9 Å². The van der Waals surface area contributed by atoms with Gasteiger partial charge in [0, 0.05) is 50.5 Å². The van der Waals surface area contributed by atoms with Crippen molar-refractivity contribution in [2.45, 2.75) is 65.0 Å². The van der Waals surface area contributed by atoms with Crippen molar-refractivity contribution in [3.05, 3.63) is 77.4 Å². The summed E-state index contributed by atoms with van der Waals surface area (Å²) in [5.74, 6) is -0.767. The smallest absolute Gasteiger partial charge is 0.322 e. The average molecular weight is 575 g/mol. The number of nitrogens with zero attached hydrogens (tertiary/aromatic N) is 2. The largest absolute Gasteiger partial charge is 0.375 e. The lowest BCUT2D eigenvalue weighted by molar-refractivity contribution is -0.137. The van der Waals surface area contributed by atoms with Crippen LogP contribution in [-0.2, 0) is 38.5 Å². The lowest BCUT2D eigenvalue weighted by Gasteiger charge is -2.30. The van der Waals surface area contributed by atoms with Crippen LogP contribution in [-0.4, -0.2) is 60.5 Å². The number of aryl methyl sites for hydroxylation is 2. The van der Waals surface area contributed by atoms with Crippen molar-refractivity contribution in [1.82, 2.24) is 15.5 Å². The zero-order valence-corrected chi connectivity index (χ0v) is 24.9. The van der Waals surface area contributed by atoms with Crippen LogP contribution in [0.3, 0.4) is 0 Å². The highest BCUT2D eigenvalue weighted by atomic mass is 16.5. The number of carbonyl (C=O) groups is 4. The van der Waals surface area contributed by atoms with Crippen LogP contribution < -0.4 is 15.5 Å². The number of anilines is 1. The van der Waals surface area contributed by atoms with Gasteiger partial charge in [-0.05, 0) is 68.2 Å². The van der Waals surface area contributed by atoms with Crippen LogP contribution in [0, 0.1) is 5.92 Å². The molecule has 0 fully saturated rings. The topological polar surface area (TPSA) is 108 Å². The molecular formula is C33H42N4O5. The van der Waals surface area contributed by atoms with E-state index in [0.29, 0.717) is 32.7 Å². The summed E-state index contributed by atoms with van der Waals surface area (Å²) >= 11 is 0. The van der Waals surface area contributed by atoms with Crippen molar-refractivity contribution in [3.63, 3.8) is 0 Å². The van der Waals surface area contributed by atoms with Gasteiger partial charge in [0.05, 0.1) is 12.1 Å². The normalized spacial score (nSPS) is 15.5. The summed E-state index contributed by atoms with van der Waals surface area (Å²) in [6, 6.07) is 16.3. The zero-order valence-electron chi connectivity index (χ0n) is 24.9. The molecule has 1 atom stereocenters. The first-order valence-electron chi connectivity index (χ1n) is 14.8. The van der Waals surface area contributed by atoms with Crippen molar-refractivity contribution in [1.29, 1.82) is 0 Å².